The second kappa shape index (κ2) is 9.11. The first kappa shape index (κ1) is 19.5. The predicted octanol–water partition coefficient (Wildman–Crippen LogP) is 4.01. The maximum absolute atomic E-state index is 8.25. The summed E-state index contributed by atoms with van der Waals surface area (Å²) in [6, 6.07) is 0. The molecule has 0 aromatic heterocycles. The molecular weight excluding hydrogens is 387 g/mol. The molecule has 3 heteroatoms. The van der Waals surface area contributed by atoms with Gasteiger partial charge in [-0.3, -0.25) is 0 Å². The molecule has 0 amide bonds. The molecule has 0 spiro atoms. The summed E-state index contributed by atoms with van der Waals surface area (Å²) in [5, 5.41) is 16.5. The molecule has 0 aromatic rings. The van der Waals surface area contributed by atoms with Crippen LogP contribution in [0.1, 0.15) is 64.2 Å². The molecule has 5 aliphatic rings. The van der Waals surface area contributed by atoms with Crippen LogP contribution in [0.4, 0.5) is 0 Å². The normalized spacial score (nSPS) is 29.0. The Morgan fingerprint density at radius 3 is 1.48 bits per heavy atom. The molecule has 2 unspecified atom stereocenters. The molecule has 5 rings (SSSR count). The van der Waals surface area contributed by atoms with Crippen molar-refractivity contribution in [3.63, 3.8) is 0 Å². The van der Waals surface area contributed by atoms with Crippen LogP contribution in [0.25, 0.3) is 0 Å². The quantitative estimate of drug-likeness (QED) is 0.598. The van der Waals surface area contributed by atoms with Crippen LogP contribution in [0, 0.1) is 0 Å². The molecular formula is C22H30O2Zr. The van der Waals surface area contributed by atoms with Crippen molar-refractivity contribution in [1.82, 2.24) is 0 Å². The van der Waals surface area contributed by atoms with E-state index >= 15 is 0 Å². The van der Waals surface area contributed by atoms with E-state index in [1.165, 1.54) is 64.2 Å². The Bertz CT molecular complexity index is 570. The van der Waals surface area contributed by atoms with Gasteiger partial charge in [-0.15, -0.1) is 0 Å². The topological polar surface area (TPSA) is 46.1 Å². The third-order valence-electron chi connectivity index (χ3n) is 6.30. The molecule has 0 radical (unpaired) electrons. The predicted molar refractivity (Wildman–Crippen MR) is 95.7 cm³/mol. The average molecular weight is 418 g/mol. The van der Waals surface area contributed by atoms with Gasteiger partial charge in [0.25, 0.3) is 0 Å². The van der Waals surface area contributed by atoms with Crippen LogP contribution in [-0.2, 0) is 23.2 Å². The number of hydrogen-bond donors (Lipinski definition) is 0. The number of allylic oxidation sites excluding steroid dienone is 8. The van der Waals surface area contributed by atoms with Crippen LogP contribution >= 0.6 is 0 Å². The minimum atomic E-state index is -0.383. The summed E-state index contributed by atoms with van der Waals surface area (Å²) in [5.41, 5.74) is 11.2. The fourth-order valence-corrected chi connectivity index (χ4v) is 10.9. The van der Waals surface area contributed by atoms with Crippen LogP contribution in [0.2, 0.25) is 7.25 Å². The summed E-state index contributed by atoms with van der Waals surface area (Å²) >= 11 is -0.383. The monoisotopic (exact) mass is 416 g/mol. The molecule has 0 aromatic carbocycles. The summed E-state index contributed by atoms with van der Waals surface area (Å²) < 4.78 is 2.02. The zero-order valence-corrected chi connectivity index (χ0v) is 18.2. The van der Waals surface area contributed by atoms with Gasteiger partial charge in [0.1, 0.15) is 0 Å². The molecule has 25 heavy (non-hydrogen) atoms. The number of fused-ring (bicyclic) bond motifs is 4. The van der Waals surface area contributed by atoms with Gasteiger partial charge in [0.2, 0.25) is 0 Å². The van der Waals surface area contributed by atoms with Crippen molar-refractivity contribution >= 4 is 0 Å². The Morgan fingerprint density at radius 2 is 1.04 bits per heavy atom. The first-order valence-electron chi connectivity index (χ1n) is 9.82. The van der Waals surface area contributed by atoms with Crippen LogP contribution in [-0.4, -0.2) is 14.2 Å². The van der Waals surface area contributed by atoms with E-state index in [0.29, 0.717) is 0 Å². The molecule has 0 bridgehead atoms. The summed E-state index contributed by atoms with van der Waals surface area (Å²) in [7, 11) is 1.50. The smallest absolute Gasteiger partial charge is 0.153 e. The van der Waals surface area contributed by atoms with Crippen molar-refractivity contribution in [2.75, 3.05) is 14.2 Å². The van der Waals surface area contributed by atoms with E-state index in [4.69, 9.17) is 10.2 Å². The van der Waals surface area contributed by atoms with Crippen molar-refractivity contribution < 1.29 is 33.4 Å². The van der Waals surface area contributed by atoms with Gasteiger partial charge in [-0.1, -0.05) is 0 Å². The van der Waals surface area contributed by atoms with Crippen molar-refractivity contribution in [1.29, 1.82) is 0 Å². The molecule has 1 saturated heterocycles. The van der Waals surface area contributed by atoms with E-state index in [9.17, 15) is 0 Å². The molecule has 1 aliphatic heterocycles. The van der Waals surface area contributed by atoms with Crippen molar-refractivity contribution in [2.45, 2.75) is 71.5 Å². The van der Waals surface area contributed by atoms with Gasteiger partial charge in [-0.2, -0.15) is 14.2 Å². The maximum atomic E-state index is 8.25. The zero-order valence-electron chi connectivity index (χ0n) is 15.7. The molecule has 4 aliphatic carbocycles. The number of rotatable bonds is 0. The SMILES string of the molecule is C1=C2CCC3=CC4=C(CCCC4)[CH]3[Zr+2][CH]2C2=C1CCCC2.C[O-].C[O-]. The maximum Gasteiger partial charge on any atom is -0.153 e. The fourth-order valence-electron chi connectivity index (χ4n) is 5.26. The van der Waals surface area contributed by atoms with Crippen molar-refractivity contribution in [3.8, 4) is 0 Å². The van der Waals surface area contributed by atoms with Gasteiger partial charge in [0.05, 0.1) is 0 Å². The van der Waals surface area contributed by atoms with Crippen LogP contribution in [0.3, 0.4) is 0 Å². The Labute approximate surface area is 164 Å². The van der Waals surface area contributed by atoms with E-state index in [0.717, 1.165) is 21.5 Å². The minimum absolute atomic E-state index is 0.383. The molecule has 2 nitrogen and oxygen atoms in total. The Kier molecular flexibility index (Phi) is 7.11. The van der Waals surface area contributed by atoms with E-state index in [2.05, 4.69) is 12.2 Å². The standard InChI is InChI=1S/C20H24.2CH3O.Zr/c1-2-6-18-12-15(11-17(18)5-1)9-10-16-13-19-7-3-4-8-20(19)14-16;2*1-2;/h11-14H,1-10H2;2*1H3;/q;2*-1;+2. The Balaban J connectivity index is 0.000000428. The first-order chi connectivity index (χ1) is 12.4. The Morgan fingerprint density at radius 1 is 0.640 bits per heavy atom. The largest absolute Gasteiger partial charge is 0.857 e. The molecule has 1 heterocycles. The van der Waals surface area contributed by atoms with Gasteiger partial charge in [-0.25, -0.2) is 0 Å². The van der Waals surface area contributed by atoms with Crippen molar-refractivity contribution in [2.24, 2.45) is 0 Å². The third kappa shape index (κ3) is 3.75. The van der Waals surface area contributed by atoms with Gasteiger partial charge in [0.15, 0.2) is 0 Å². The fraction of sp³-hybridized carbons (Fsp3) is 0.636. The first-order valence-corrected chi connectivity index (χ1v) is 12.7. The second-order valence-corrected chi connectivity index (χ2v) is 11.1. The average Bonchev–Trinajstić information content (AvgIpc) is 3.17. The Hall–Kier alpha value is -0.237. The van der Waals surface area contributed by atoms with Gasteiger partial charge in [0, 0.05) is 0 Å². The molecule has 2 atom stereocenters. The van der Waals surface area contributed by atoms with Gasteiger partial charge in [-0.05, 0) is 0 Å². The zero-order chi connectivity index (χ0) is 17.8. The number of hydrogen-bond acceptors (Lipinski definition) is 2. The molecule has 134 valence electrons. The van der Waals surface area contributed by atoms with Crippen LogP contribution in [0.5, 0.6) is 0 Å². The van der Waals surface area contributed by atoms with Crippen LogP contribution < -0.4 is 10.2 Å². The molecule has 1 fully saturated rings. The second-order valence-electron chi connectivity index (χ2n) is 7.49. The van der Waals surface area contributed by atoms with E-state index in [1.807, 2.05) is 22.3 Å². The molecule has 0 N–H and O–H groups in total. The summed E-state index contributed by atoms with van der Waals surface area (Å²) in [5.74, 6) is 0. The van der Waals surface area contributed by atoms with E-state index in [1.54, 1.807) is 11.1 Å². The van der Waals surface area contributed by atoms with Crippen molar-refractivity contribution in [3.05, 3.63) is 45.6 Å². The van der Waals surface area contributed by atoms with Gasteiger partial charge >= 0.3 is 140 Å². The van der Waals surface area contributed by atoms with E-state index in [-0.39, 0.29) is 23.2 Å². The summed E-state index contributed by atoms with van der Waals surface area (Å²) in [6.45, 7) is 0. The van der Waals surface area contributed by atoms with Gasteiger partial charge < -0.3 is 10.2 Å². The van der Waals surface area contributed by atoms with E-state index < -0.39 is 0 Å². The van der Waals surface area contributed by atoms with Crippen LogP contribution in [0.15, 0.2) is 45.6 Å². The summed E-state index contributed by atoms with van der Waals surface area (Å²) in [6.07, 6.45) is 19.6. The minimum Gasteiger partial charge on any atom is -0.857 e. The summed E-state index contributed by atoms with van der Waals surface area (Å²) in [4.78, 5) is 0. The third-order valence-corrected chi connectivity index (χ3v) is 11.5. The molecule has 0 saturated carbocycles.